The standard InChI is InChI=1S/C29H28.3C4H8O2.4C2H6/c1-28(2,23-13-7-4-8-14-23)24-19-21-27(22-20-24)29(3,25-15-9-5-10-16-25)26-17-11-6-12-18-26;3*1-5-2-4-3-6-4;4*1-2/h4-22H,1-3H3;3*4H,2-3H2,1H3;4*1-2H3. The predicted octanol–water partition coefficient (Wildman–Crippen LogP) is 11.6. The van der Waals surface area contributed by atoms with Gasteiger partial charge in [0.25, 0.3) is 0 Å². The van der Waals surface area contributed by atoms with Crippen LogP contribution in [0.25, 0.3) is 0 Å². The fourth-order valence-corrected chi connectivity index (χ4v) is 5.34. The Bertz CT molecular complexity index is 1330. The molecule has 3 heterocycles. The Balaban J connectivity index is 0.000000904. The van der Waals surface area contributed by atoms with Crippen molar-refractivity contribution in [2.45, 2.75) is 105 Å². The van der Waals surface area contributed by atoms with Gasteiger partial charge in [0, 0.05) is 32.2 Å². The second kappa shape index (κ2) is 30.8. The van der Waals surface area contributed by atoms with Crippen LogP contribution in [-0.4, -0.2) is 79.3 Å². The molecule has 308 valence electrons. The van der Waals surface area contributed by atoms with Crippen LogP contribution in [0.5, 0.6) is 0 Å². The van der Waals surface area contributed by atoms with Crippen molar-refractivity contribution in [2.75, 3.05) is 61.0 Å². The molecule has 3 atom stereocenters. The lowest BCUT2D eigenvalue weighted by atomic mass is 9.70. The highest BCUT2D eigenvalue weighted by molar-refractivity contribution is 5.51. The molecule has 0 radical (unpaired) electrons. The van der Waals surface area contributed by atoms with E-state index in [1.165, 1.54) is 27.8 Å². The summed E-state index contributed by atoms with van der Waals surface area (Å²) in [6.07, 6.45) is 1.28. The van der Waals surface area contributed by atoms with Crippen molar-refractivity contribution in [3.63, 3.8) is 0 Å². The van der Waals surface area contributed by atoms with E-state index in [1.807, 2.05) is 55.4 Å². The minimum atomic E-state index is -0.196. The molecule has 0 aromatic heterocycles. The van der Waals surface area contributed by atoms with Crippen LogP contribution >= 0.6 is 0 Å². The lowest BCUT2D eigenvalue weighted by molar-refractivity contribution is 0.171. The van der Waals surface area contributed by atoms with Crippen molar-refractivity contribution in [3.05, 3.63) is 143 Å². The van der Waals surface area contributed by atoms with Crippen molar-refractivity contribution >= 4 is 0 Å². The van der Waals surface area contributed by atoms with Gasteiger partial charge in [-0.25, -0.2) is 0 Å². The normalized spacial score (nSPS) is 16.7. The Morgan fingerprint density at radius 1 is 0.400 bits per heavy atom. The summed E-state index contributed by atoms with van der Waals surface area (Å²) in [7, 11) is 5.05. The molecule has 55 heavy (non-hydrogen) atoms. The molecule has 7 rings (SSSR count). The SMILES string of the molecule is CC.CC.CC.CC.CC(C)(c1ccccc1)c1ccc(C(C)(c2ccccc2)c2ccccc2)cc1.COCC1CO1.COCC1CO1.COCC1CO1. The van der Waals surface area contributed by atoms with Gasteiger partial charge in [0.05, 0.1) is 39.6 Å². The van der Waals surface area contributed by atoms with Crippen LogP contribution in [0, 0.1) is 0 Å². The Kier molecular flexibility index (Phi) is 28.9. The van der Waals surface area contributed by atoms with Crippen molar-refractivity contribution in [1.82, 2.24) is 0 Å². The average Bonchev–Trinajstić information content (AvgIpc) is 4.11. The van der Waals surface area contributed by atoms with E-state index in [2.05, 4.69) is 136 Å². The van der Waals surface area contributed by atoms with Crippen LogP contribution in [0.4, 0.5) is 0 Å². The molecule has 3 fully saturated rings. The first-order valence-electron chi connectivity index (χ1n) is 20.4. The fraction of sp³-hybridized carbons (Fsp3) is 0.510. The molecule has 3 aliphatic rings. The molecule has 3 unspecified atom stereocenters. The number of epoxide rings is 3. The monoisotopic (exact) mass is 761 g/mol. The zero-order chi connectivity index (χ0) is 41.5. The van der Waals surface area contributed by atoms with Crippen LogP contribution in [0.2, 0.25) is 0 Å². The van der Waals surface area contributed by atoms with Gasteiger partial charge in [-0.05, 0) is 34.7 Å². The van der Waals surface area contributed by atoms with E-state index < -0.39 is 0 Å². The summed E-state index contributed by atoms with van der Waals surface area (Å²) in [5.74, 6) is 0. The van der Waals surface area contributed by atoms with Gasteiger partial charge in [0.15, 0.2) is 0 Å². The lowest BCUT2D eigenvalue weighted by Gasteiger charge is -2.33. The average molecular weight is 761 g/mol. The number of benzene rings is 4. The van der Waals surface area contributed by atoms with Gasteiger partial charge in [-0.15, -0.1) is 0 Å². The number of hydrogen-bond donors (Lipinski definition) is 0. The van der Waals surface area contributed by atoms with Crippen LogP contribution < -0.4 is 0 Å². The van der Waals surface area contributed by atoms with Gasteiger partial charge >= 0.3 is 0 Å². The van der Waals surface area contributed by atoms with Crippen LogP contribution in [0.15, 0.2) is 115 Å². The minimum Gasteiger partial charge on any atom is -0.382 e. The molecule has 0 spiro atoms. The van der Waals surface area contributed by atoms with Crippen molar-refractivity contribution in [1.29, 1.82) is 0 Å². The summed E-state index contributed by atoms with van der Waals surface area (Å²) < 4.78 is 28.7. The third kappa shape index (κ3) is 19.4. The first-order valence-corrected chi connectivity index (χ1v) is 20.4. The zero-order valence-corrected chi connectivity index (χ0v) is 36.9. The summed E-state index contributed by atoms with van der Waals surface area (Å²) in [5, 5.41) is 0. The van der Waals surface area contributed by atoms with E-state index in [0.717, 1.165) is 39.6 Å². The number of methoxy groups -OCH3 is 3. The molecule has 3 aliphatic heterocycles. The quantitative estimate of drug-likeness (QED) is 0.112. The Morgan fingerprint density at radius 2 is 0.618 bits per heavy atom. The number of hydrogen-bond acceptors (Lipinski definition) is 6. The van der Waals surface area contributed by atoms with E-state index in [4.69, 9.17) is 28.4 Å². The summed E-state index contributed by atoms with van der Waals surface area (Å²) in [6, 6.07) is 41.6. The van der Waals surface area contributed by atoms with Gasteiger partial charge in [0.2, 0.25) is 0 Å². The Labute approximate surface area is 336 Å². The third-order valence-electron chi connectivity index (χ3n) is 8.65. The van der Waals surface area contributed by atoms with Gasteiger partial charge < -0.3 is 28.4 Å². The second-order valence-corrected chi connectivity index (χ2v) is 12.7. The molecule has 4 aromatic rings. The largest absolute Gasteiger partial charge is 0.382 e. The van der Waals surface area contributed by atoms with Crippen molar-refractivity contribution in [3.8, 4) is 0 Å². The lowest BCUT2D eigenvalue weighted by Crippen LogP contribution is -2.26. The number of rotatable bonds is 11. The smallest absolute Gasteiger partial charge is 0.104 e. The van der Waals surface area contributed by atoms with Crippen LogP contribution in [0.3, 0.4) is 0 Å². The molecule has 0 aliphatic carbocycles. The highest BCUT2D eigenvalue weighted by Crippen LogP contribution is 2.40. The van der Waals surface area contributed by atoms with E-state index >= 15 is 0 Å². The van der Waals surface area contributed by atoms with Crippen LogP contribution in [-0.2, 0) is 39.3 Å². The predicted molar refractivity (Wildman–Crippen MR) is 234 cm³/mol. The molecule has 0 bridgehead atoms. The molecule has 4 aromatic carbocycles. The maximum absolute atomic E-state index is 4.82. The maximum atomic E-state index is 4.82. The van der Waals surface area contributed by atoms with E-state index in [-0.39, 0.29) is 10.8 Å². The second-order valence-electron chi connectivity index (χ2n) is 12.7. The van der Waals surface area contributed by atoms with Gasteiger partial charge in [0.1, 0.15) is 18.3 Å². The van der Waals surface area contributed by atoms with E-state index in [0.29, 0.717) is 18.3 Å². The van der Waals surface area contributed by atoms with Crippen molar-refractivity contribution < 1.29 is 28.4 Å². The van der Waals surface area contributed by atoms with Gasteiger partial charge in [-0.1, -0.05) is 184 Å². The summed E-state index contributed by atoms with van der Waals surface area (Å²) in [5.41, 5.74) is 6.36. The van der Waals surface area contributed by atoms with Gasteiger partial charge in [-0.2, -0.15) is 0 Å². The number of ether oxygens (including phenoxy) is 6. The molecule has 0 amide bonds. The summed E-state index contributed by atoms with van der Waals surface area (Å²) in [4.78, 5) is 0. The third-order valence-corrected chi connectivity index (χ3v) is 8.65. The Morgan fingerprint density at radius 3 is 0.855 bits per heavy atom. The van der Waals surface area contributed by atoms with E-state index in [9.17, 15) is 0 Å². The molecule has 0 saturated carbocycles. The van der Waals surface area contributed by atoms with Crippen molar-refractivity contribution in [2.24, 2.45) is 0 Å². The summed E-state index contributed by atoms with van der Waals surface area (Å²) in [6.45, 7) is 27.9. The molecule has 3 saturated heterocycles. The topological polar surface area (TPSA) is 65.3 Å². The fourth-order valence-electron chi connectivity index (χ4n) is 5.34. The molecule has 6 nitrogen and oxygen atoms in total. The molecular weight excluding hydrogens is 685 g/mol. The highest BCUT2D eigenvalue weighted by Gasteiger charge is 2.32. The van der Waals surface area contributed by atoms with Gasteiger partial charge in [-0.3, -0.25) is 0 Å². The van der Waals surface area contributed by atoms with Crippen LogP contribution in [0.1, 0.15) is 104 Å². The van der Waals surface area contributed by atoms with E-state index in [1.54, 1.807) is 21.3 Å². The Hall–Kier alpha value is -3.36. The first-order chi connectivity index (χ1) is 26.8. The summed E-state index contributed by atoms with van der Waals surface area (Å²) >= 11 is 0. The minimum absolute atomic E-state index is 0.0321. The zero-order valence-electron chi connectivity index (χ0n) is 36.9. The molecular formula is C49H76O6. The first kappa shape index (κ1) is 51.6. The highest BCUT2D eigenvalue weighted by atomic mass is 16.6. The molecule has 6 heteroatoms. The molecule has 0 N–H and O–H groups in total. The maximum Gasteiger partial charge on any atom is 0.104 e.